The van der Waals surface area contributed by atoms with Gasteiger partial charge >= 0.3 is 0 Å². The van der Waals surface area contributed by atoms with Crippen LogP contribution in [0.1, 0.15) is 25.7 Å². The van der Waals surface area contributed by atoms with E-state index in [0.717, 1.165) is 12.8 Å². The molecule has 1 heterocycles. The van der Waals surface area contributed by atoms with E-state index in [1.54, 1.807) is 24.3 Å². The molecule has 0 radical (unpaired) electrons. The van der Waals surface area contributed by atoms with Gasteiger partial charge in [0.1, 0.15) is 12.1 Å². The fourth-order valence-electron chi connectivity index (χ4n) is 2.97. The Balaban J connectivity index is 1.85. The summed E-state index contributed by atoms with van der Waals surface area (Å²) in [4.78, 5) is 24.0. The van der Waals surface area contributed by atoms with Crippen molar-refractivity contribution in [1.29, 1.82) is 5.26 Å². The number of benzene rings is 1. The first-order valence-corrected chi connectivity index (χ1v) is 7.31. The second-order valence-electron chi connectivity index (χ2n) is 5.63. The number of para-hydroxylation sites is 1. The Labute approximate surface area is 127 Å². The third-order valence-corrected chi connectivity index (χ3v) is 4.11. The van der Waals surface area contributed by atoms with Crippen LogP contribution in [-0.2, 0) is 11.3 Å². The Morgan fingerprint density at radius 2 is 2.09 bits per heavy atom. The number of nitriles is 1. The second kappa shape index (κ2) is 5.60. The number of carbonyl (C=O) groups is 1. The zero-order valence-electron chi connectivity index (χ0n) is 12.1. The summed E-state index contributed by atoms with van der Waals surface area (Å²) < 4.78 is 1.49. The molecule has 0 saturated heterocycles. The van der Waals surface area contributed by atoms with E-state index < -0.39 is 5.54 Å². The molecule has 1 aliphatic carbocycles. The monoisotopic (exact) mass is 296 g/mol. The average molecular weight is 296 g/mol. The largest absolute Gasteiger partial charge is 0.336 e. The van der Waals surface area contributed by atoms with Crippen molar-refractivity contribution < 1.29 is 4.79 Å². The van der Waals surface area contributed by atoms with Gasteiger partial charge in [-0.2, -0.15) is 10.4 Å². The molecule has 112 valence electrons. The van der Waals surface area contributed by atoms with Crippen molar-refractivity contribution in [2.24, 2.45) is 0 Å². The first kappa shape index (κ1) is 14.3. The summed E-state index contributed by atoms with van der Waals surface area (Å²) in [6.45, 7) is -0.00970. The van der Waals surface area contributed by atoms with E-state index in [-0.39, 0.29) is 17.9 Å². The van der Waals surface area contributed by atoms with Crippen LogP contribution in [0.25, 0.3) is 10.9 Å². The van der Waals surface area contributed by atoms with E-state index in [4.69, 9.17) is 0 Å². The molecule has 0 unspecified atom stereocenters. The molecule has 0 aliphatic heterocycles. The number of rotatable bonds is 3. The molecule has 1 fully saturated rings. The van der Waals surface area contributed by atoms with Crippen molar-refractivity contribution in [3.63, 3.8) is 0 Å². The highest BCUT2D eigenvalue weighted by atomic mass is 16.2. The Kier molecular flexibility index (Phi) is 3.63. The van der Waals surface area contributed by atoms with Crippen molar-refractivity contribution in [2.45, 2.75) is 37.8 Å². The molecule has 3 rings (SSSR count). The van der Waals surface area contributed by atoms with Crippen LogP contribution in [0, 0.1) is 11.3 Å². The molecule has 1 aromatic heterocycles. The standard InChI is InChI=1S/C16H16N4O2/c17-11-16(7-3-4-8-16)19-15(22)10-20-13-6-2-1-5-12(13)14(21)9-18-20/h1-2,5-6,9H,3-4,7-8,10H2,(H,19,22). The molecule has 2 aromatic rings. The molecular formula is C16H16N4O2. The summed E-state index contributed by atoms with van der Waals surface area (Å²) in [7, 11) is 0. The van der Waals surface area contributed by atoms with E-state index in [0.29, 0.717) is 23.7 Å². The summed E-state index contributed by atoms with van der Waals surface area (Å²) in [6.07, 6.45) is 4.49. The fraction of sp³-hybridized carbons (Fsp3) is 0.375. The number of hydrogen-bond acceptors (Lipinski definition) is 4. The Bertz CT molecular complexity index is 813. The Morgan fingerprint density at radius 1 is 1.36 bits per heavy atom. The first-order valence-electron chi connectivity index (χ1n) is 7.31. The van der Waals surface area contributed by atoms with Gasteiger partial charge in [0, 0.05) is 5.39 Å². The molecule has 0 spiro atoms. The summed E-state index contributed by atoms with van der Waals surface area (Å²) in [5, 5.41) is 16.7. The molecule has 1 aliphatic rings. The Morgan fingerprint density at radius 3 is 2.82 bits per heavy atom. The van der Waals surface area contributed by atoms with Crippen LogP contribution in [0.5, 0.6) is 0 Å². The van der Waals surface area contributed by atoms with Gasteiger partial charge in [0.2, 0.25) is 11.3 Å². The van der Waals surface area contributed by atoms with Gasteiger partial charge in [-0.1, -0.05) is 12.1 Å². The van der Waals surface area contributed by atoms with Crippen LogP contribution < -0.4 is 10.7 Å². The SMILES string of the molecule is N#CC1(NC(=O)Cn2ncc(=O)c3ccccc32)CCCC1. The molecule has 0 bridgehead atoms. The molecule has 22 heavy (non-hydrogen) atoms. The number of nitrogens with zero attached hydrogens (tertiary/aromatic N) is 3. The Hall–Kier alpha value is -2.68. The quantitative estimate of drug-likeness (QED) is 0.926. The molecule has 1 amide bonds. The van der Waals surface area contributed by atoms with Gasteiger partial charge in [0.15, 0.2) is 0 Å². The van der Waals surface area contributed by atoms with Gasteiger partial charge in [-0.3, -0.25) is 14.3 Å². The smallest absolute Gasteiger partial charge is 0.242 e. The third-order valence-electron chi connectivity index (χ3n) is 4.11. The van der Waals surface area contributed by atoms with E-state index >= 15 is 0 Å². The average Bonchev–Trinajstić information content (AvgIpc) is 2.99. The van der Waals surface area contributed by atoms with Crippen molar-refractivity contribution in [1.82, 2.24) is 15.1 Å². The maximum absolute atomic E-state index is 12.3. The lowest BCUT2D eigenvalue weighted by molar-refractivity contribution is -0.123. The maximum Gasteiger partial charge on any atom is 0.242 e. The predicted octanol–water partition coefficient (Wildman–Crippen LogP) is 1.35. The number of aromatic nitrogens is 2. The lowest BCUT2D eigenvalue weighted by Crippen LogP contribution is -2.46. The van der Waals surface area contributed by atoms with E-state index in [1.165, 1.54) is 10.9 Å². The van der Waals surface area contributed by atoms with Crippen molar-refractivity contribution >= 4 is 16.8 Å². The van der Waals surface area contributed by atoms with Gasteiger partial charge in [-0.25, -0.2) is 0 Å². The molecule has 6 nitrogen and oxygen atoms in total. The van der Waals surface area contributed by atoms with Crippen LogP contribution in [0.15, 0.2) is 35.3 Å². The highest BCUT2D eigenvalue weighted by Gasteiger charge is 2.35. The maximum atomic E-state index is 12.3. The van der Waals surface area contributed by atoms with Gasteiger partial charge in [0.05, 0.1) is 17.8 Å². The molecule has 6 heteroatoms. The number of carbonyl (C=O) groups excluding carboxylic acids is 1. The van der Waals surface area contributed by atoms with Crippen LogP contribution in [-0.4, -0.2) is 21.2 Å². The van der Waals surface area contributed by atoms with E-state index in [2.05, 4.69) is 16.5 Å². The molecule has 1 N–H and O–H groups in total. The number of nitrogens with one attached hydrogen (secondary N) is 1. The highest BCUT2D eigenvalue weighted by molar-refractivity contribution is 5.82. The van der Waals surface area contributed by atoms with Gasteiger partial charge < -0.3 is 5.32 Å². The van der Waals surface area contributed by atoms with Crippen LogP contribution >= 0.6 is 0 Å². The highest BCUT2D eigenvalue weighted by Crippen LogP contribution is 2.28. The lowest BCUT2D eigenvalue weighted by Gasteiger charge is -2.22. The zero-order chi connectivity index (χ0) is 15.6. The topological polar surface area (TPSA) is 87.8 Å². The number of fused-ring (bicyclic) bond motifs is 1. The third kappa shape index (κ3) is 2.58. The van der Waals surface area contributed by atoms with Crippen LogP contribution in [0.2, 0.25) is 0 Å². The summed E-state index contributed by atoms with van der Waals surface area (Å²) in [5.74, 6) is -0.259. The minimum Gasteiger partial charge on any atom is -0.336 e. The predicted molar refractivity (Wildman–Crippen MR) is 81.0 cm³/mol. The van der Waals surface area contributed by atoms with E-state index in [9.17, 15) is 14.9 Å². The fourth-order valence-corrected chi connectivity index (χ4v) is 2.97. The lowest BCUT2D eigenvalue weighted by atomic mass is 10.00. The summed E-state index contributed by atoms with van der Waals surface area (Å²) >= 11 is 0. The molecule has 0 atom stereocenters. The number of hydrogen-bond donors (Lipinski definition) is 1. The van der Waals surface area contributed by atoms with Crippen molar-refractivity contribution in [3.8, 4) is 6.07 Å². The zero-order valence-corrected chi connectivity index (χ0v) is 12.1. The van der Waals surface area contributed by atoms with Crippen molar-refractivity contribution in [2.75, 3.05) is 0 Å². The van der Waals surface area contributed by atoms with Gasteiger partial charge in [0.25, 0.3) is 0 Å². The van der Waals surface area contributed by atoms with Gasteiger partial charge in [-0.15, -0.1) is 0 Å². The normalized spacial score (nSPS) is 16.3. The summed E-state index contributed by atoms with van der Waals surface area (Å²) in [5.41, 5.74) is -0.300. The van der Waals surface area contributed by atoms with E-state index in [1.807, 2.05) is 0 Å². The minimum absolute atomic E-state index is 0.00970. The molecule has 1 aromatic carbocycles. The van der Waals surface area contributed by atoms with Gasteiger partial charge in [-0.05, 0) is 37.8 Å². The van der Waals surface area contributed by atoms with Crippen LogP contribution in [0.3, 0.4) is 0 Å². The number of amides is 1. The molecular weight excluding hydrogens is 280 g/mol. The summed E-state index contributed by atoms with van der Waals surface area (Å²) in [6, 6.07) is 9.27. The van der Waals surface area contributed by atoms with Crippen LogP contribution in [0.4, 0.5) is 0 Å². The molecule has 1 saturated carbocycles. The first-order chi connectivity index (χ1) is 10.6. The van der Waals surface area contributed by atoms with Crippen molar-refractivity contribution in [3.05, 3.63) is 40.7 Å². The minimum atomic E-state index is -0.744. The second-order valence-corrected chi connectivity index (χ2v) is 5.63.